The zero-order valence-corrected chi connectivity index (χ0v) is 10.2. The van der Waals surface area contributed by atoms with Gasteiger partial charge in [0.15, 0.2) is 0 Å². The van der Waals surface area contributed by atoms with Crippen LogP contribution < -0.4 is 0 Å². The van der Waals surface area contributed by atoms with E-state index in [-0.39, 0.29) is 11.1 Å². The van der Waals surface area contributed by atoms with Crippen LogP contribution in [0.5, 0.6) is 0 Å². The highest BCUT2D eigenvalue weighted by atomic mass is 35.5. The highest BCUT2D eigenvalue weighted by Gasteiger charge is 2.18. The normalized spacial score (nSPS) is 12.1. The van der Waals surface area contributed by atoms with Crippen molar-refractivity contribution in [2.45, 2.75) is 11.8 Å². The van der Waals surface area contributed by atoms with Crippen molar-refractivity contribution in [1.29, 1.82) is 0 Å². The van der Waals surface area contributed by atoms with Gasteiger partial charge in [0.05, 0.1) is 10.3 Å². The summed E-state index contributed by atoms with van der Waals surface area (Å²) >= 11 is 6.25. The zero-order chi connectivity index (χ0) is 13.0. The number of halogens is 1. The molecule has 0 aliphatic rings. The molecule has 0 amide bonds. The van der Waals surface area contributed by atoms with Gasteiger partial charge in [0.2, 0.25) is 0 Å². The molecular weight excluding hydrogens is 252 g/mol. The summed E-state index contributed by atoms with van der Waals surface area (Å²) in [7, 11) is 0. The Hall–Kier alpha value is -1.94. The van der Waals surface area contributed by atoms with Crippen molar-refractivity contribution in [2.75, 3.05) is 0 Å². The maximum atomic E-state index is 10.9. The molecule has 18 heavy (non-hydrogen) atoms. The first-order valence-electron chi connectivity index (χ1n) is 5.46. The predicted molar refractivity (Wildman–Crippen MR) is 69.6 cm³/mol. The van der Waals surface area contributed by atoms with E-state index in [4.69, 9.17) is 11.6 Å². The minimum atomic E-state index is -0.434. The summed E-state index contributed by atoms with van der Waals surface area (Å²) in [6.45, 7) is 0. The van der Waals surface area contributed by atoms with Crippen LogP contribution in [-0.4, -0.2) is 9.91 Å². The van der Waals surface area contributed by atoms with Gasteiger partial charge >= 0.3 is 0 Å². The van der Waals surface area contributed by atoms with Crippen LogP contribution in [0.3, 0.4) is 0 Å². The highest BCUT2D eigenvalue weighted by molar-refractivity contribution is 6.20. The minimum Gasteiger partial charge on any atom is -0.258 e. The number of nitrogens with zero attached hydrogens (tertiary/aromatic N) is 2. The Kier molecular flexibility index (Phi) is 3.89. The van der Waals surface area contributed by atoms with E-state index in [1.54, 1.807) is 6.07 Å². The Balaban J connectivity index is 2.22. The van der Waals surface area contributed by atoms with Gasteiger partial charge in [-0.2, -0.15) is 0 Å². The van der Waals surface area contributed by atoms with Gasteiger partial charge in [0.25, 0.3) is 5.69 Å². The van der Waals surface area contributed by atoms with Gasteiger partial charge in [-0.15, -0.1) is 11.6 Å². The molecular formula is C13H11ClN2O2. The molecule has 0 radical (unpaired) electrons. The molecule has 1 aromatic heterocycles. The second-order valence-corrected chi connectivity index (χ2v) is 4.34. The van der Waals surface area contributed by atoms with Crippen LogP contribution in [0.2, 0.25) is 0 Å². The summed E-state index contributed by atoms with van der Waals surface area (Å²) in [5, 5.41) is 10.5. The molecule has 0 fully saturated rings. The van der Waals surface area contributed by atoms with E-state index in [2.05, 4.69) is 4.98 Å². The molecule has 0 N–H and O–H groups in total. The molecule has 1 atom stereocenters. The van der Waals surface area contributed by atoms with Gasteiger partial charge in [-0.1, -0.05) is 30.3 Å². The predicted octanol–water partition coefficient (Wildman–Crippen LogP) is 3.51. The number of nitro groups is 1. The number of alkyl halides is 1. The molecule has 4 nitrogen and oxygen atoms in total. The quantitative estimate of drug-likeness (QED) is 0.481. The summed E-state index contributed by atoms with van der Waals surface area (Å²) in [5.74, 6) is 0. The number of aromatic nitrogens is 1. The lowest BCUT2D eigenvalue weighted by atomic mass is 10.1. The lowest BCUT2D eigenvalue weighted by Crippen LogP contribution is -2.02. The molecule has 2 rings (SSSR count). The van der Waals surface area contributed by atoms with Crippen molar-refractivity contribution in [3.8, 4) is 0 Å². The maximum Gasteiger partial charge on any atom is 0.290 e. The zero-order valence-electron chi connectivity index (χ0n) is 9.49. The third-order valence-corrected chi connectivity index (χ3v) is 3.00. The van der Waals surface area contributed by atoms with Crippen LogP contribution in [0, 0.1) is 10.1 Å². The first-order chi connectivity index (χ1) is 8.68. The Morgan fingerprint density at radius 2 is 1.94 bits per heavy atom. The molecule has 1 unspecified atom stereocenters. The van der Waals surface area contributed by atoms with E-state index in [0.29, 0.717) is 12.1 Å². The Labute approximate surface area is 109 Å². The number of pyridine rings is 1. The smallest absolute Gasteiger partial charge is 0.258 e. The Morgan fingerprint density at radius 3 is 2.61 bits per heavy atom. The average Bonchev–Trinajstić information content (AvgIpc) is 2.40. The van der Waals surface area contributed by atoms with Crippen LogP contribution in [0.15, 0.2) is 48.7 Å². The van der Waals surface area contributed by atoms with Crippen LogP contribution in [0.25, 0.3) is 0 Å². The second kappa shape index (κ2) is 5.60. The molecule has 2 aromatic rings. The molecule has 0 aliphatic carbocycles. The summed E-state index contributed by atoms with van der Waals surface area (Å²) < 4.78 is 0. The Morgan fingerprint density at radius 1 is 1.22 bits per heavy atom. The summed E-state index contributed by atoms with van der Waals surface area (Å²) in [6, 6.07) is 12.5. The van der Waals surface area contributed by atoms with E-state index >= 15 is 0 Å². The van der Waals surface area contributed by atoms with Crippen LogP contribution in [-0.2, 0) is 6.42 Å². The van der Waals surface area contributed by atoms with E-state index in [1.807, 2.05) is 30.3 Å². The van der Waals surface area contributed by atoms with Crippen LogP contribution in [0.1, 0.15) is 16.6 Å². The number of hydrogen-bond acceptors (Lipinski definition) is 3. The lowest BCUT2D eigenvalue weighted by molar-refractivity contribution is -0.385. The van der Waals surface area contributed by atoms with Crippen molar-refractivity contribution in [3.05, 3.63) is 70.0 Å². The monoisotopic (exact) mass is 262 g/mol. The van der Waals surface area contributed by atoms with Gasteiger partial charge < -0.3 is 0 Å². The summed E-state index contributed by atoms with van der Waals surface area (Å²) in [4.78, 5) is 14.5. The third-order valence-electron chi connectivity index (χ3n) is 2.60. The van der Waals surface area contributed by atoms with E-state index in [9.17, 15) is 10.1 Å². The summed E-state index contributed by atoms with van der Waals surface area (Å²) in [6.07, 6.45) is 1.87. The summed E-state index contributed by atoms with van der Waals surface area (Å²) in [5.41, 5.74) is 1.35. The van der Waals surface area contributed by atoms with Crippen molar-refractivity contribution in [2.24, 2.45) is 0 Å². The Bertz CT molecular complexity index is 546. The van der Waals surface area contributed by atoms with E-state index < -0.39 is 4.92 Å². The highest BCUT2D eigenvalue weighted by Crippen LogP contribution is 2.27. The van der Waals surface area contributed by atoms with Crippen molar-refractivity contribution < 1.29 is 4.92 Å². The number of hydrogen-bond donors (Lipinski definition) is 0. The van der Waals surface area contributed by atoms with Crippen molar-refractivity contribution in [1.82, 2.24) is 4.98 Å². The van der Waals surface area contributed by atoms with Crippen LogP contribution >= 0.6 is 11.6 Å². The fourth-order valence-electron chi connectivity index (χ4n) is 1.70. The molecule has 0 aliphatic heterocycles. The number of benzene rings is 1. The fraction of sp³-hybridized carbons (Fsp3) is 0.154. The largest absolute Gasteiger partial charge is 0.290 e. The molecule has 1 aromatic carbocycles. The molecule has 5 heteroatoms. The topological polar surface area (TPSA) is 56.0 Å². The number of rotatable bonds is 4. The van der Waals surface area contributed by atoms with Gasteiger partial charge in [0, 0.05) is 18.7 Å². The van der Waals surface area contributed by atoms with Gasteiger partial charge in [-0.3, -0.25) is 15.1 Å². The lowest BCUT2D eigenvalue weighted by Gasteiger charge is -2.09. The molecule has 0 bridgehead atoms. The third kappa shape index (κ3) is 2.84. The maximum absolute atomic E-state index is 10.9. The standard InChI is InChI=1S/C13H11ClN2O2/c14-11(10-5-2-1-3-6-10)9-12-13(16(17)18)7-4-8-15-12/h1-8,11H,9H2. The van der Waals surface area contributed by atoms with E-state index in [0.717, 1.165) is 5.56 Å². The van der Waals surface area contributed by atoms with Crippen molar-refractivity contribution in [3.63, 3.8) is 0 Å². The fourth-order valence-corrected chi connectivity index (χ4v) is 1.99. The van der Waals surface area contributed by atoms with Gasteiger partial charge in [0.1, 0.15) is 5.69 Å². The van der Waals surface area contributed by atoms with E-state index in [1.165, 1.54) is 12.3 Å². The molecule has 0 saturated heterocycles. The van der Waals surface area contributed by atoms with Gasteiger partial charge in [-0.25, -0.2) is 0 Å². The molecule has 0 saturated carbocycles. The van der Waals surface area contributed by atoms with Gasteiger partial charge in [-0.05, 0) is 11.6 Å². The minimum absolute atomic E-state index is 0.0130. The SMILES string of the molecule is O=[N+]([O-])c1cccnc1CC(Cl)c1ccccc1. The molecule has 92 valence electrons. The molecule has 0 spiro atoms. The first kappa shape index (κ1) is 12.5. The van der Waals surface area contributed by atoms with Crippen molar-refractivity contribution >= 4 is 17.3 Å². The second-order valence-electron chi connectivity index (χ2n) is 3.81. The average molecular weight is 263 g/mol. The first-order valence-corrected chi connectivity index (χ1v) is 5.89. The van der Waals surface area contributed by atoms with Crippen LogP contribution in [0.4, 0.5) is 5.69 Å². The molecule has 1 heterocycles.